The number of thioether (sulfide) groups is 1. The lowest BCUT2D eigenvalue weighted by Gasteiger charge is -2.09. The highest BCUT2D eigenvalue weighted by Crippen LogP contribution is 2.20. The van der Waals surface area contributed by atoms with E-state index in [4.69, 9.17) is 11.6 Å². The summed E-state index contributed by atoms with van der Waals surface area (Å²) in [6.45, 7) is 3.29. The van der Waals surface area contributed by atoms with Gasteiger partial charge in [0.25, 0.3) is 0 Å². The minimum atomic E-state index is 0.814. The molecule has 0 fully saturated rings. The van der Waals surface area contributed by atoms with Gasteiger partial charge in [-0.05, 0) is 51.8 Å². The van der Waals surface area contributed by atoms with E-state index in [-0.39, 0.29) is 0 Å². The summed E-state index contributed by atoms with van der Waals surface area (Å²) in [5.74, 6) is 1.09. The van der Waals surface area contributed by atoms with E-state index in [0.29, 0.717) is 0 Å². The summed E-state index contributed by atoms with van der Waals surface area (Å²) in [6, 6.07) is 8.02. The predicted molar refractivity (Wildman–Crippen MR) is 78.2 cm³/mol. The van der Waals surface area contributed by atoms with Crippen molar-refractivity contribution in [2.45, 2.75) is 11.3 Å². The van der Waals surface area contributed by atoms with Crippen LogP contribution in [0.3, 0.4) is 0 Å². The van der Waals surface area contributed by atoms with Gasteiger partial charge in [-0.1, -0.05) is 17.7 Å². The van der Waals surface area contributed by atoms with Crippen LogP contribution in [-0.4, -0.2) is 44.4 Å². The van der Waals surface area contributed by atoms with Crippen molar-refractivity contribution in [3.63, 3.8) is 0 Å². The van der Waals surface area contributed by atoms with Crippen LogP contribution in [0.4, 0.5) is 0 Å². The third kappa shape index (κ3) is 7.66. The second-order valence-corrected chi connectivity index (χ2v) is 5.82. The van der Waals surface area contributed by atoms with Crippen LogP contribution >= 0.6 is 23.4 Å². The lowest BCUT2D eigenvalue weighted by molar-refractivity contribution is 0.396. The normalized spacial score (nSPS) is 11.1. The quantitative estimate of drug-likeness (QED) is 0.579. The zero-order chi connectivity index (χ0) is 12.5. The number of halogens is 1. The minimum Gasteiger partial charge on any atom is -0.316 e. The zero-order valence-corrected chi connectivity index (χ0v) is 12.2. The van der Waals surface area contributed by atoms with Crippen LogP contribution in [0.5, 0.6) is 0 Å². The Morgan fingerprint density at radius 1 is 1.29 bits per heavy atom. The van der Waals surface area contributed by atoms with Gasteiger partial charge in [-0.25, -0.2) is 0 Å². The standard InChI is InChI=1S/C13H21ClN2S/c1-16(2)9-4-7-15-8-10-17-13-6-3-5-12(14)11-13/h3,5-6,11,15H,4,7-10H2,1-2H3. The van der Waals surface area contributed by atoms with Crippen molar-refractivity contribution in [1.82, 2.24) is 10.2 Å². The fourth-order valence-electron chi connectivity index (χ4n) is 1.44. The van der Waals surface area contributed by atoms with Crippen LogP contribution in [0.15, 0.2) is 29.2 Å². The fraction of sp³-hybridized carbons (Fsp3) is 0.538. The van der Waals surface area contributed by atoms with E-state index in [1.165, 1.54) is 11.3 Å². The molecule has 0 aliphatic rings. The van der Waals surface area contributed by atoms with Gasteiger partial charge in [0.2, 0.25) is 0 Å². The molecule has 0 atom stereocenters. The molecule has 1 rings (SSSR count). The molecule has 1 N–H and O–H groups in total. The van der Waals surface area contributed by atoms with Gasteiger partial charge < -0.3 is 10.2 Å². The first kappa shape index (κ1) is 14.8. The van der Waals surface area contributed by atoms with Gasteiger partial charge >= 0.3 is 0 Å². The largest absolute Gasteiger partial charge is 0.316 e. The Kier molecular flexibility index (Phi) is 7.69. The average molecular weight is 273 g/mol. The van der Waals surface area contributed by atoms with Crippen LogP contribution in [0.25, 0.3) is 0 Å². The van der Waals surface area contributed by atoms with Gasteiger partial charge in [0.15, 0.2) is 0 Å². The first-order valence-corrected chi connectivity index (χ1v) is 7.28. The SMILES string of the molecule is CN(C)CCCNCCSc1cccc(Cl)c1. The maximum Gasteiger partial charge on any atom is 0.0417 e. The fourth-order valence-corrected chi connectivity index (χ4v) is 2.57. The molecule has 1 aromatic carbocycles. The Morgan fingerprint density at radius 2 is 2.12 bits per heavy atom. The van der Waals surface area contributed by atoms with Crippen molar-refractivity contribution in [3.8, 4) is 0 Å². The number of hydrogen-bond acceptors (Lipinski definition) is 3. The summed E-state index contributed by atoms with van der Waals surface area (Å²) >= 11 is 7.76. The van der Waals surface area contributed by atoms with Crippen LogP contribution < -0.4 is 5.32 Å². The van der Waals surface area contributed by atoms with Crippen molar-refractivity contribution in [2.75, 3.05) is 39.5 Å². The predicted octanol–water partition coefficient (Wildman–Crippen LogP) is 2.97. The molecule has 0 aliphatic heterocycles. The molecule has 0 saturated carbocycles. The molecule has 96 valence electrons. The number of nitrogens with zero attached hydrogens (tertiary/aromatic N) is 1. The smallest absolute Gasteiger partial charge is 0.0417 e. The molecule has 17 heavy (non-hydrogen) atoms. The average Bonchev–Trinajstić information content (AvgIpc) is 2.27. The van der Waals surface area contributed by atoms with Crippen LogP contribution in [0, 0.1) is 0 Å². The molecule has 0 saturated heterocycles. The maximum absolute atomic E-state index is 5.92. The Morgan fingerprint density at radius 3 is 2.82 bits per heavy atom. The maximum atomic E-state index is 5.92. The minimum absolute atomic E-state index is 0.814. The van der Waals surface area contributed by atoms with Gasteiger partial charge in [-0.3, -0.25) is 0 Å². The molecule has 0 aliphatic carbocycles. The van der Waals surface area contributed by atoms with E-state index < -0.39 is 0 Å². The summed E-state index contributed by atoms with van der Waals surface area (Å²) in [4.78, 5) is 3.45. The van der Waals surface area contributed by atoms with E-state index >= 15 is 0 Å². The zero-order valence-electron chi connectivity index (χ0n) is 10.6. The number of rotatable bonds is 8. The summed E-state index contributed by atoms with van der Waals surface area (Å²) in [5, 5.41) is 4.26. The summed E-state index contributed by atoms with van der Waals surface area (Å²) in [7, 11) is 4.21. The molecule has 2 nitrogen and oxygen atoms in total. The molecule has 1 aromatic rings. The number of hydrogen-bond donors (Lipinski definition) is 1. The summed E-state index contributed by atoms with van der Waals surface area (Å²) in [6.07, 6.45) is 1.20. The Bertz CT molecular complexity index is 318. The number of nitrogens with one attached hydrogen (secondary N) is 1. The highest BCUT2D eigenvalue weighted by molar-refractivity contribution is 7.99. The lowest BCUT2D eigenvalue weighted by Crippen LogP contribution is -2.23. The molecule has 0 radical (unpaired) electrons. The van der Waals surface area contributed by atoms with Crippen LogP contribution in [0.2, 0.25) is 5.02 Å². The van der Waals surface area contributed by atoms with Gasteiger partial charge in [0.1, 0.15) is 0 Å². The molecule has 0 spiro atoms. The highest BCUT2D eigenvalue weighted by atomic mass is 35.5. The first-order chi connectivity index (χ1) is 8.18. The molecule has 0 amide bonds. The second-order valence-electron chi connectivity index (χ2n) is 4.21. The summed E-state index contributed by atoms with van der Waals surface area (Å²) < 4.78 is 0. The van der Waals surface area contributed by atoms with E-state index in [1.807, 2.05) is 30.0 Å². The van der Waals surface area contributed by atoms with Crippen molar-refractivity contribution < 1.29 is 0 Å². The molecule has 4 heteroatoms. The summed E-state index contributed by atoms with van der Waals surface area (Å²) in [5.41, 5.74) is 0. The third-order valence-corrected chi connectivity index (χ3v) is 3.53. The second kappa shape index (κ2) is 8.81. The van der Waals surface area contributed by atoms with E-state index in [1.54, 1.807) is 0 Å². The van der Waals surface area contributed by atoms with Gasteiger partial charge in [0.05, 0.1) is 0 Å². The molecule has 0 unspecified atom stereocenters. The van der Waals surface area contributed by atoms with Crippen molar-refractivity contribution in [2.24, 2.45) is 0 Å². The number of benzene rings is 1. The highest BCUT2D eigenvalue weighted by Gasteiger charge is 1.95. The topological polar surface area (TPSA) is 15.3 Å². The third-order valence-electron chi connectivity index (χ3n) is 2.30. The Labute approximate surface area is 114 Å². The van der Waals surface area contributed by atoms with Gasteiger partial charge in [-0.2, -0.15) is 0 Å². The lowest BCUT2D eigenvalue weighted by atomic mass is 10.4. The van der Waals surface area contributed by atoms with Gasteiger partial charge in [-0.15, -0.1) is 11.8 Å². The Balaban J connectivity index is 2.01. The van der Waals surface area contributed by atoms with Crippen molar-refractivity contribution in [3.05, 3.63) is 29.3 Å². The molecule has 0 aromatic heterocycles. The monoisotopic (exact) mass is 272 g/mol. The van der Waals surface area contributed by atoms with Crippen LogP contribution in [-0.2, 0) is 0 Å². The van der Waals surface area contributed by atoms with Crippen molar-refractivity contribution in [1.29, 1.82) is 0 Å². The molecule has 0 bridgehead atoms. The van der Waals surface area contributed by atoms with E-state index in [0.717, 1.165) is 30.4 Å². The van der Waals surface area contributed by atoms with Crippen LogP contribution in [0.1, 0.15) is 6.42 Å². The van der Waals surface area contributed by atoms with E-state index in [9.17, 15) is 0 Å². The first-order valence-electron chi connectivity index (χ1n) is 5.92. The molecule has 0 heterocycles. The van der Waals surface area contributed by atoms with Crippen molar-refractivity contribution >= 4 is 23.4 Å². The molecular weight excluding hydrogens is 252 g/mol. The molecular formula is C13H21ClN2S. The Hall–Kier alpha value is -0.220. The van der Waals surface area contributed by atoms with E-state index in [2.05, 4.69) is 30.4 Å². The van der Waals surface area contributed by atoms with Gasteiger partial charge in [0, 0.05) is 22.2 Å².